The van der Waals surface area contributed by atoms with Gasteiger partial charge in [-0.2, -0.15) is 0 Å². The maximum Gasteiger partial charge on any atom is -0.0355 e. The summed E-state index contributed by atoms with van der Waals surface area (Å²) in [6.45, 7) is 16.7. The summed E-state index contributed by atoms with van der Waals surface area (Å²) >= 11 is 0. The zero-order valence-corrected chi connectivity index (χ0v) is 12.0. The van der Waals surface area contributed by atoms with E-state index in [0.29, 0.717) is 0 Å². The molecule has 0 aliphatic heterocycles. The van der Waals surface area contributed by atoms with E-state index in [1.165, 1.54) is 19.3 Å². The van der Waals surface area contributed by atoms with Gasteiger partial charge in [0.1, 0.15) is 0 Å². The van der Waals surface area contributed by atoms with Crippen LogP contribution in [0.3, 0.4) is 0 Å². The molecule has 0 aromatic heterocycles. The Morgan fingerprint density at radius 2 is 0.800 bits per heavy atom. The summed E-state index contributed by atoms with van der Waals surface area (Å²) in [6, 6.07) is 0. The van der Waals surface area contributed by atoms with Crippen molar-refractivity contribution in [2.24, 2.45) is 29.6 Å². The zero-order valence-electron chi connectivity index (χ0n) is 12.0. The maximum absolute atomic E-state index is 2.39. The lowest BCUT2D eigenvalue weighted by Crippen LogP contribution is -2.29. The van der Waals surface area contributed by atoms with Gasteiger partial charge < -0.3 is 0 Å². The molecule has 0 aliphatic rings. The van der Waals surface area contributed by atoms with Gasteiger partial charge in [0, 0.05) is 0 Å². The van der Waals surface area contributed by atoms with Gasteiger partial charge in [-0.25, -0.2) is 0 Å². The highest BCUT2D eigenvalue weighted by Crippen LogP contribution is 2.37. The third-order valence-corrected chi connectivity index (χ3v) is 4.23. The van der Waals surface area contributed by atoms with Crippen LogP contribution in [-0.2, 0) is 0 Å². The van der Waals surface area contributed by atoms with E-state index in [-0.39, 0.29) is 0 Å². The van der Waals surface area contributed by atoms with Crippen molar-refractivity contribution < 1.29 is 0 Å². The van der Waals surface area contributed by atoms with E-state index < -0.39 is 0 Å². The van der Waals surface area contributed by atoms with Gasteiger partial charge >= 0.3 is 0 Å². The third kappa shape index (κ3) is 4.17. The Morgan fingerprint density at radius 1 is 0.533 bits per heavy atom. The molecule has 0 bridgehead atoms. The number of hydrogen-bond donors (Lipinski definition) is 0. The van der Waals surface area contributed by atoms with Crippen molar-refractivity contribution in [2.45, 2.75) is 67.7 Å². The Morgan fingerprint density at radius 3 is 0.933 bits per heavy atom. The fourth-order valence-corrected chi connectivity index (χ4v) is 3.46. The molecular weight excluding hydrogens is 180 g/mol. The molecule has 92 valence electrons. The van der Waals surface area contributed by atoms with E-state index >= 15 is 0 Å². The minimum Gasteiger partial charge on any atom is -0.0651 e. The highest BCUT2D eigenvalue weighted by Gasteiger charge is 2.29. The molecule has 0 aliphatic carbocycles. The van der Waals surface area contributed by atoms with Crippen molar-refractivity contribution >= 4 is 0 Å². The van der Waals surface area contributed by atoms with E-state index in [9.17, 15) is 0 Å². The molecular formula is C15H32. The smallest absolute Gasteiger partial charge is 0.0355 e. The Kier molecular flexibility index (Phi) is 7.30. The molecule has 0 saturated carbocycles. The van der Waals surface area contributed by atoms with Crippen LogP contribution in [-0.4, -0.2) is 0 Å². The zero-order chi connectivity index (χ0) is 12.0. The van der Waals surface area contributed by atoms with E-state index in [1.807, 2.05) is 0 Å². The standard InChI is InChI=1S/C15H32/c1-8-13(11(4)5)15(10-3)14(9-2)12(6)7/h11-15H,8-10H2,1-7H3. The number of hydrogen-bond acceptors (Lipinski definition) is 0. The van der Waals surface area contributed by atoms with Gasteiger partial charge in [0.15, 0.2) is 0 Å². The van der Waals surface area contributed by atoms with Crippen molar-refractivity contribution in [3.8, 4) is 0 Å². The van der Waals surface area contributed by atoms with Crippen molar-refractivity contribution in [3.05, 3.63) is 0 Å². The van der Waals surface area contributed by atoms with Crippen molar-refractivity contribution in [3.63, 3.8) is 0 Å². The van der Waals surface area contributed by atoms with Crippen molar-refractivity contribution in [1.82, 2.24) is 0 Å². The molecule has 0 amide bonds. The molecule has 0 N–H and O–H groups in total. The maximum atomic E-state index is 2.39. The minimum atomic E-state index is 0.841. The summed E-state index contributed by atoms with van der Waals surface area (Å²) in [5, 5.41) is 0. The highest BCUT2D eigenvalue weighted by atomic mass is 14.3. The van der Waals surface area contributed by atoms with Gasteiger partial charge in [-0.15, -0.1) is 0 Å². The van der Waals surface area contributed by atoms with Gasteiger partial charge in [-0.05, 0) is 29.6 Å². The first-order valence-electron chi connectivity index (χ1n) is 6.99. The molecule has 0 radical (unpaired) electrons. The second kappa shape index (κ2) is 7.30. The van der Waals surface area contributed by atoms with Crippen LogP contribution in [0, 0.1) is 29.6 Å². The van der Waals surface area contributed by atoms with E-state index in [1.54, 1.807) is 0 Å². The van der Waals surface area contributed by atoms with Gasteiger partial charge in [-0.3, -0.25) is 0 Å². The summed E-state index contributed by atoms with van der Waals surface area (Å²) < 4.78 is 0. The Bertz CT molecular complexity index is 130. The van der Waals surface area contributed by atoms with Crippen LogP contribution in [0.2, 0.25) is 0 Å². The Hall–Kier alpha value is 0. The van der Waals surface area contributed by atoms with E-state index in [4.69, 9.17) is 0 Å². The van der Waals surface area contributed by atoms with E-state index in [0.717, 1.165) is 29.6 Å². The van der Waals surface area contributed by atoms with Crippen LogP contribution in [0.15, 0.2) is 0 Å². The SMILES string of the molecule is CCC(C(C)C)C(CC)C(CC)C(C)C. The molecule has 0 aromatic carbocycles. The van der Waals surface area contributed by atoms with Gasteiger partial charge in [0.05, 0.1) is 0 Å². The summed E-state index contributed by atoms with van der Waals surface area (Å²) in [5.74, 6) is 4.45. The Labute approximate surface area is 97.8 Å². The molecule has 0 fully saturated rings. The van der Waals surface area contributed by atoms with Crippen LogP contribution >= 0.6 is 0 Å². The predicted molar refractivity (Wildman–Crippen MR) is 71.0 cm³/mol. The monoisotopic (exact) mass is 212 g/mol. The average Bonchev–Trinajstić information content (AvgIpc) is 2.16. The molecule has 2 atom stereocenters. The Balaban J connectivity index is 4.68. The summed E-state index contributed by atoms with van der Waals surface area (Å²) in [5.41, 5.74) is 0. The molecule has 0 saturated heterocycles. The second-order valence-corrected chi connectivity index (χ2v) is 5.70. The lowest BCUT2D eigenvalue weighted by atomic mass is 9.69. The third-order valence-electron chi connectivity index (χ3n) is 4.23. The highest BCUT2D eigenvalue weighted by molar-refractivity contribution is 4.78. The van der Waals surface area contributed by atoms with Crippen LogP contribution in [0.5, 0.6) is 0 Å². The quantitative estimate of drug-likeness (QED) is 0.531. The van der Waals surface area contributed by atoms with Crippen molar-refractivity contribution in [1.29, 1.82) is 0 Å². The fraction of sp³-hybridized carbons (Fsp3) is 1.00. The van der Waals surface area contributed by atoms with E-state index in [2.05, 4.69) is 48.5 Å². The lowest BCUT2D eigenvalue weighted by Gasteiger charge is -2.37. The first kappa shape index (κ1) is 15.0. The molecule has 2 unspecified atom stereocenters. The second-order valence-electron chi connectivity index (χ2n) is 5.70. The summed E-state index contributed by atoms with van der Waals surface area (Å²) in [7, 11) is 0. The average molecular weight is 212 g/mol. The molecule has 15 heavy (non-hydrogen) atoms. The van der Waals surface area contributed by atoms with Gasteiger partial charge in [0.25, 0.3) is 0 Å². The predicted octanol–water partition coefficient (Wildman–Crippen LogP) is 5.38. The van der Waals surface area contributed by atoms with Crippen molar-refractivity contribution in [2.75, 3.05) is 0 Å². The van der Waals surface area contributed by atoms with Crippen LogP contribution < -0.4 is 0 Å². The van der Waals surface area contributed by atoms with Crippen LogP contribution in [0.25, 0.3) is 0 Å². The van der Waals surface area contributed by atoms with Gasteiger partial charge in [0.2, 0.25) is 0 Å². The fourth-order valence-electron chi connectivity index (χ4n) is 3.46. The molecule has 0 aromatic rings. The van der Waals surface area contributed by atoms with Gasteiger partial charge in [-0.1, -0.05) is 67.7 Å². The minimum absolute atomic E-state index is 0.841. The number of rotatable bonds is 7. The molecule has 0 rings (SSSR count). The first-order valence-corrected chi connectivity index (χ1v) is 6.99. The van der Waals surface area contributed by atoms with Crippen LogP contribution in [0.1, 0.15) is 67.7 Å². The van der Waals surface area contributed by atoms with Crippen LogP contribution in [0.4, 0.5) is 0 Å². The molecule has 0 spiro atoms. The first-order chi connectivity index (χ1) is 6.99. The normalized spacial score (nSPS) is 18.2. The molecule has 0 nitrogen and oxygen atoms in total. The summed E-state index contributed by atoms with van der Waals surface area (Å²) in [6.07, 6.45) is 4.05. The molecule has 0 heteroatoms. The largest absolute Gasteiger partial charge is 0.0651 e. The lowest BCUT2D eigenvalue weighted by molar-refractivity contribution is 0.127. The molecule has 0 heterocycles. The summed E-state index contributed by atoms with van der Waals surface area (Å²) in [4.78, 5) is 0. The topological polar surface area (TPSA) is 0 Å².